The van der Waals surface area contributed by atoms with Crippen molar-refractivity contribution >= 4 is 38.8 Å². The fourth-order valence-electron chi connectivity index (χ4n) is 1.85. The second-order valence-electron chi connectivity index (χ2n) is 4.41. The Bertz CT molecular complexity index is 582. The van der Waals surface area contributed by atoms with Gasteiger partial charge in [0.25, 0.3) is 0 Å². The van der Waals surface area contributed by atoms with Gasteiger partial charge in [0.05, 0.1) is 5.02 Å². The molecule has 1 aromatic rings. The second-order valence-corrected chi connectivity index (χ2v) is 7.17. The maximum absolute atomic E-state index is 12.6. The Morgan fingerprint density at radius 2 is 1.85 bits per heavy atom. The van der Waals surface area contributed by atoms with E-state index in [1.54, 1.807) is 6.07 Å². The SMILES string of the molecule is CCCN(CCC)S(=O)(=O)c1ccc(C(N)=S)cc1Cl. The first-order valence-electron chi connectivity index (χ1n) is 6.44. The first kappa shape index (κ1) is 17.4. The van der Waals surface area contributed by atoms with Crippen molar-refractivity contribution in [2.45, 2.75) is 31.6 Å². The van der Waals surface area contributed by atoms with E-state index >= 15 is 0 Å². The van der Waals surface area contributed by atoms with Gasteiger partial charge in [0.2, 0.25) is 10.0 Å². The van der Waals surface area contributed by atoms with Gasteiger partial charge in [-0.3, -0.25) is 0 Å². The van der Waals surface area contributed by atoms with Crippen molar-refractivity contribution in [1.82, 2.24) is 4.31 Å². The van der Waals surface area contributed by atoms with Crippen molar-refractivity contribution in [2.24, 2.45) is 5.73 Å². The molecule has 112 valence electrons. The van der Waals surface area contributed by atoms with E-state index in [0.29, 0.717) is 18.7 Å². The van der Waals surface area contributed by atoms with Crippen LogP contribution in [0.2, 0.25) is 5.02 Å². The molecular weight excluding hydrogens is 316 g/mol. The summed E-state index contributed by atoms with van der Waals surface area (Å²) in [4.78, 5) is 0.288. The molecule has 0 amide bonds. The van der Waals surface area contributed by atoms with Gasteiger partial charge in [-0.15, -0.1) is 0 Å². The normalized spacial score (nSPS) is 11.8. The van der Waals surface area contributed by atoms with Crippen LogP contribution in [0.25, 0.3) is 0 Å². The highest BCUT2D eigenvalue weighted by Gasteiger charge is 2.25. The summed E-state index contributed by atoms with van der Waals surface area (Å²) in [6, 6.07) is 4.54. The molecule has 0 radical (unpaired) electrons. The molecule has 7 heteroatoms. The molecule has 1 aromatic carbocycles. The zero-order valence-electron chi connectivity index (χ0n) is 11.6. The third-order valence-corrected chi connectivity index (χ3v) is 5.40. The van der Waals surface area contributed by atoms with Gasteiger partial charge in [-0.2, -0.15) is 4.31 Å². The molecule has 0 saturated carbocycles. The van der Waals surface area contributed by atoms with Gasteiger partial charge < -0.3 is 5.73 Å². The van der Waals surface area contributed by atoms with Crippen LogP contribution in [0.4, 0.5) is 0 Å². The summed E-state index contributed by atoms with van der Waals surface area (Å²) in [6.45, 7) is 4.83. The molecule has 0 aliphatic rings. The molecule has 0 bridgehead atoms. The fourth-order valence-corrected chi connectivity index (χ4v) is 4.12. The summed E-state index contributed by atoms with van der Waals surface area (Å²) in [5, 5.41) is 0.146. The summed E-state index contributed by atoms with van der Waals surface area (Å²) in [6.07, 6.45) is 1.50. The monoisotopic (exact) mass is 334 g/mol. The number of nitrogens with zero attached hydrogens (tertiary/aromatic N) is 1. The summed E-state index contributed by atoms with van der Waals surface area (Å²) >= 11 is 10.9. The number of sulfonamides is 1. The number of nitrogens with two attached hydrogens (primary N) is 1. The van der Waals surface area contributed by atoms with Gasteiger partial charge in [-0.25, -0.2) is 8.42 Å². The Morgan fingerprint density at radius 1 is 1.30 bits per heavy atom. The molecule has 0 aromatic heterocycles. The number of hydrogen-bond acceptors (Lipinski definition) is 3. The maximum atomic E-state index is 12.6. The largest absolute Gasteiger partial charge is 0.389 e. The van der Waals surface area contributed by atoms with Crippen molar-refractivity contribution in [3.63, 3.8) is 0 Å². The zero-order valence-corrected chi connectivity index (χ0v) is 14.0. The number of benzene rings is 1. The Morgan fingerprint density at radius 3 is 2.25 bits per heavy atom. The highest BCUT2D eigenvalue weighted by Crippen LogP contribution is 2.26. The lowest BCUT2D eigenvalue weighted by molar-refractivity contribution is 0.410. The summed E-state index contributed by atoms with van der Waals surface area (Å²) in [5.41, 5.74) is 6.07. The summed E-state index contributed by atoms with van der Waals surface area (Å²) < 4.78 is 26.6. The molecule has 4 nitrogen and oxygen atoms in total. The van der Waals surface area contributed by atoms with Crippen molar-refractivity contribution < 1.29 is 8.42 Å². The lowest BCUT2D eigenvalue weighted by Crippen LogP contribution is -2.32. The van der Waals surface area contributed by atoms with Crippen LogP contribution in [0.3, 0.4) is 0 Å². The van der Waals surface area contributed by atoms with Crippen molar-refractivity contribution in [2.75, 3.05) is 13.1 Å². The third-order valence-electron chi connectivity index (χ3n) is 2.78. The highest BCUT2D eigenvalue weighted by atomic mass is 35.5. The molecule has 1 rings (SSSR count). The lowest BCUT2D eigenvalue weighted by Gasteiger charge is -2.21. The minimum atomic E-state index is -3.58. The van der Waals surface area contributed by atoms with Crippen LogP contribution in [0.1, 0.15) is 32.3 Å². The molecule has 0 aliphatic carbocycles. The molecule has 2 N–H and O–H groups in total. The van der Waals surface area contributed by atoms with E-state index in [-0.39, 0.29) is 14.9 Å². The van der Waals surface area contributed by atoms with Crippen LogP contribution in [0, 0.1) is 0 Å². The number of rotatable bonds is 7. The molecule has 0 fully saturated rings. The standard InChI is InChI=1S/C13H19ClN2O2S2/c1-3-7-16(8-4-2)20(17,18)12-6-5-10(13(15)19)9-11(12)14/h5-6,9H,3-4,7-8H2,1-2H3,(H2,15,19). The van der Waals surface area contributed by atoms with Gasteiger partial charge >= 0.3 is 0 Å². The summed E-state index contributed by atoms with van der Waals surface area (Å²) in [5.74, 6) is 0. The predicted octanol–water partition coefficient (Wildman–Crippen LogP) is 2.78. The third kappa shape index (κ3) is 3.91. The molecule has 0 unspecified atom stereocenters. The molecule has 20 heavy (non-hydrogen) atoms. The van der Waals surface area contributed by atoms with Crippen LogP contribution < -0.4 is 5.73 Å². The van der Waals surface area contributed by atoms with Crippen molar-refractivity contribution in [1.29, 1.82) is 0 Å². The van der Waals surface area contributed by atoms with E-state index in [9.17, 15) is 8.42 Å². The average Bonchev–Trinajstić information content (AvgIpc) is 2.37. The first-order valence-corrected chi connectivity index (χ1v) is 8.66. The van der Waals surface area contributed by atoms with Crippen LogP contribution in [0.5, 0.6) is 0 Å². The van der Waals surface area contributed by atoms with E-state index in [1.165, 1.54) is 16.4 Å². The topological polar surface area (TPSA) is 63.4 Å². The van der Waals surface area contributed by atoms with Crippen LogP contribution >= 0.6 is 23.8 Å². The molecular formula is C13H19ClN2O2S2. The highest BCUT2D eigenvalue weighted by molar-refractivity contribution is 7.89. The van der Waals surface area contributed by atoms with Crippen molar-refractivity contribution in [3.05, 3.63) is 28.8 Å². The second kappa shape index (κ2) is 7.36. The van der Waals surface area contributed by atoms with Crippen LogP contribution in [0.15, 0.2) is 23.1 Å². The number of thiocarbonyl (C=S) groups is 1. The first-order chi connectivity index (χ1) is 9.34. The molecule has 0 aliphatic heterocycles. The average molecular weight is 335 g/mol. The Hall–Kier alpha value is -0.690. The summed E-state index contributed by atoms with van der Waals surface area (Å²) in [7, 11) is -3.58. The number of halogens is 1. The molecule has 0 heterocycles. The van der Waals surface area contributed by atoms with Gasteiger partial charge in [0, 0.05) is 18.7 Å². The van der Waals surface area contributed by atoms with Crippen LogP contribution in [-0.2, 0) is 10.0 Å². The van der Waals surface area contributed by atoms with Gasteiger partial charge in [-0.05, 0) is 25.0 Å². The lowest BCUT2D eigenvalue weighted by atomic mass is 10.2. The van der Waals surface area contributed by atoms with Gasteiger partial charge in [0.15, 0.2) is 0 Å². The molecule has 0 spiro atoms. The van der Waals surface area contributed by atoms with Gasteiger partial charge in [-0.1, -0.05) is 43.7 Å². The van der Waals surface area contributed by atoms with E-state index in [4.69, 9.17) is 29.6 Å². The number of hydrogen-bond donors (Lipinski definition) is 1. The van der Waals surface area contributed by atoms with E-state index in [0.717, 1.165) is 12.8 Å². The van der Waals surface area contributed by atoms with Crippen LogP contribution in [-0.4, -0.2) is 30.8 Å². The predicted molar refractivity (Wildman–Crippen MR) is 86.7 cm³/mol. The Balaban J connectivity index is 3.23. The Labute approximate surface area is 131 Å². The molecule has 0 atom stereocenters. The minimum Gasteiger partial charge on any atom is -0.389 e. The minimum absolute atomic E-state index is 0.0982. The smallest absolute Gasteiger partial charge is 0.244 e. The fraction of sp³-hybridized carbons (Fsp3) is 0.462. The van der Waals surface area contributed by atoms with E-state index in [2.05, 4.69) is 0 Å². The molecule has 0 saturated heterocycles. The van der Waals surface area contributed by atoms with E-state index < -0.39 is 10.0 Å². The maximum Gasteiger partial charge on any atom is 0.244 e. The quantitative estimate of drug-likeness (QED) is 0.779. The zero-order chi connectivity index (χ0) is 15.3. The van der Waals surface area contributed by atoms with E-state index in [1.807, 2.05) is 13.8 Å². The van der Waals surface area contributed by atoms with Gasteiger partial charge in [0.1, 0.15) is 9.88 Å². The van der Waals surface area contributed by atoms with Crippen molar-refractivity contribution in [3.8, 4) is 0 Å². The Kier molecular flexibility index (Phi) is 6.39.